The van der Waals surface area contributed by atoms with Gasteiger partial charge in [-0.15, -0.1) is 0 Å². The molecule has 0 bridgehead atoms. The van der Waals surface area contributed by atoms with Crippen LogP contribution in [0.15, 0.2) is 42.6 Å². The van der Waals surface area contributed by atoms with Gasteiger partial charge in [0.15, 0.2) is 6.61 Å². The van der Waals surface area contributed by atoms with Gasteiger partial charge in [-0.2, -0.15) is 4.98 Å². The standard InChI is InChI=1S/C16H21N5O2/c1-21(2)11-10-17-15(22)12-23-16-18-9-8-14(20-16)19-13-6-4-3-5-7-13/h3-9H,10-12H2,1-2H3,(H,17,22)(H,18,19,20). The van der Waals surface area contributed by atoms with Crippen molar-refractivity contribution in [1.29, 1.82) is 0 Å². The van der Waals surface area contributed by atoms with Gasteiger partial charge in [-0.05, 0) is 32.3 Å². The lowest BCUT2D eigenvalue weighted by atomic mass is 10.3. The average molecular weight is 315 g/mol. The number of likely N-dealkylation sites (N-methyl/N-ethyl adjacent to an activating group) is 1. The normalized spacial score (nSPS) is 10.4. The second kappa shape index (κ2) is 8.70. The number of nitrogens with one attached hydrogen (secondary N) is 2. The topological polar surface area (TPSA) is 79.4 Å². The molecular formula is C16H21N5O2. The molecular weight excluding hydrogens is 294 g/mol. The Morgan fingerprint density at radius 3 is 2.74 bits per heavy atom. The Labute approximate surface area is 135 Å². The van der Waals surface area contributed by atoms with Crippen molar-refractivity contribution in [2.24, 2.45) is 0 Å². The van der Waals surface area contributed by atoms with Crippen molar-refractivity contribution < 1.29 is 9.53 Å². The summed E-state index contributed by atoms with van der Waals surface area (Å²) in [5.74, 6) is 0.408. The summed E-state index contributed by atoms with van der Waals surface area (Å²) in [6.07, 6.45) is 1.58. The molecule has 0 unspecified atom stereocenters. The zero-order valence-electron chi connectivity index (χ0n) is 13.3. The molecule has 0 aliphatic heterocycles. The molecule has 7 nitrogen and oxygen atoms in total. The number of aromatic nitrogens is 2. The van der Waals surface area contributed by atoms with Crippen molar-refractivity contribution in [3.05, 3.63) is 42.6 Å². The summed E-state index contributed by atoms with van der Waals surface area (Å²) >= 11 is 0. The van der Waals surface area contributed by atoms with Crippen molar-refractivity contribution in [2.45, 2.75) is 0 Å². The molecule has 1 heterocycles. The van der Waals surface area contributed by atoms with E-state index in [0.29, 0.717) is 12.4 Å². The van der Waals surface area contributed by atoms with E-state index in [-0.39, 0.29) is 18.5 Å². The fourth-order valence-corrected chi connectivity index (χ4v) is 1.75. The summed E-state index contributed by atoms with van der Waals surface area (Å²) in [6.45, 7) is 1.24. The number of para-hydroxylation sites is 1. The fourth-order valence-electron chi connectivity index (χ4n) is 1.75. The third kappa shape index (κ3) is 6.31. The van der Waals surface area contributed by atoms with E-state index in [1.165, 1.54) is 0 Å². The molecule has 1 amide bonds. The Hall–Kier alpha value is -2.67. The summed E-state index contributed by atoms with van der Waals surface area (Å²) in [4.78, 5) is 21.9. The van der Waals surface area contributed by atoms with Gasteiger partial charge in [0.1, 0.15) is 5.82 Å². The maximum absolute atomic E-state index is 11.6. The number of carbonyl (C=O) groups is 1. The summed E-state index contributed by atoms with van der Waals surface area (Å²) in [6, 6.07) is 11.6. The first-order valence-electron chi connectivity index (χ1n) is 7.33. The van der Waals surface area contributed by atoms with Gasteiger partial charge in [0, 0.05) is 25.0 Å². The second-order valence-corrected chi connectivity index (χ2v) is 5.16. The van der Waals surface area contributed by atoms with E-state index in [9.17, 15) is 4.79 Å². The summed E-state index contributed by atoms with van der Waals surface area (Å²) in [5, 5.41) is 5.90. The SMILES string of the molecule is CN(C)CCNC(=O)COc1nccc(Nc2ccccc2)n1. The van der Waals surface area contributed by atoms with Gasteiger partial charge in [-0.3, -0.25) is 4.79 Å². The van der Waals surface area contributed by atoms with Gasteiger partial charge in [-0.25, -0.2) is 4.98 Å². The number of hydrogen-bond donors (Lipinski definition) is 2. The van der Waals surface area contributed by atoms with Crippen LogP contribution in [0.25, 0.3) is 0 Å². The fraction of sp³-hybridized carbons (Fsp3) is 0.312. The lowest BCUT2D eigenvalue weighted by Crippen LogP contribution is -2.34. The molecule has 0 saturated carbocycles. The van der Waals surface area contributed by atoms with Crippen LogP contribution in [0.1, 0.15) is 0 Å². The smallest absolute Gasteiger partial charge is 0.318 e. The Bertz CT molecular complexity index is 619. The van der Waals surface area contributed by atoms with E-state index in [0.717, 1.165) is 12.2 Å². The zero-order chi connectivity index (χ0) is 16.5. The van der Waals surface area contributed by atoms with Crippen LogP contribution in [0.3, 0.4) is 0 Å². The minimum absolute atomic E-state index is 0.109. The van der Waals surface area contributed by atoms with Gasteiger partial charge in [0.25, 0.3) is 5.91 Å². The van der Waals surface area contributed by atoms with E-state index in [1.54, 1.807) is 12.3 Å². The highest BCUT2D eigenvalue weighted by Crippen LogP contribution is 2.14. The molecule has 0 radical (unpaired) electrons. The van der Waals surface area contributed by atoms with Crippen molar-refractivity contribution in [3.8, 4) is 6.01 Å². The number of anilines is 2. The van der Waals surface area contributed by atoms with E-state index >= 15 is 0 Å². The minimum atomic E-state index is -0.197. The zero-order valence-corrected chi connectivity index (χ0v) is 13.3. The first-order chi connectivity index (χ1) is 11.1. The quantitative estimate of drug-likeness (QED) is 0.764. The summed E-state index contributed by atoms with van der Waals surface area (Å²) in [7, 11) is 3.89. The molecule has 1 aromatic carbocycles. The Balaban J connectivity index is 1.82. The first-order valence-corrected chi connectivity index (χ1v) is 7.33. The number of hydrogen-bond acceptors (Lipinski definition) is 6. The average Bonchev–Trinajstić information content (AvgIpc) is 2.54. The number of benzene rings is 1. The molecule has 0 fully saturated rings. The number of carbonyl (C=O) groups excluding carboxylic acids is 1. The van der Waals surface area contributed by atoms with Gasteiger partial charge >= 0.3 is 6.01 Å². The Morgan fingerprint density at radius 1 is 1.22 bits per heavy atom. The molecule has 2 N–H and O–H groups in total. The number of ether oxygens (including phenoxy) is 1. The van der Waals surface area contributed by atoms with Crippen LogP contribution in [-0.2, 0) is 4.79 Å². The van der Waals surface area contributed by atoms with E-state index in [1.807, 2.05) is 49.3 Å². The molecule has 0 atom stereocenters. The highest BCUT2D eigenvalue weighted by atomic mass is 16.5. The van der Waals surface area contributed by atoms with Crippen molar-refractivity contribution in [3.63, 3.8) is 0 Å². The van der Waals surface area contributed by atoms with Crippen LogP contribution in [0.5, 0.6) is 6.01 Å². The van der Waals surface area contributed by atoms with Crippen LogP contribution >= 0.6 is 0 Å². The molecule has 122 valence electrons. The minimum Gasteiger partial charge on any atom is -0.453 e. The van der Waals surface area contributed by atoms with Gasteiger partial charge in [0.2, 0.25) is 0 Å². The molecule has 0 aliphatic rings. The van der Waals surface area contributed by atoms with E-state index in [2.05, 4.69) is 20.6 Å². The summed E-state index contributed by atoms with van der Waals surface area (Å²) < 4.78 is 5.32. The third-order valence-electron chi connectivity index (χ3n) is 2.89. The predicted octanol–water partition coefficient (Wildman–Crippen LogP) is 1.28. The maximum Gasteiger partial charge on any atom is 0.318 e. The molecule has 2 aromatic rings. The second-order valence-electron chi connectivity index (χ2n) is 5.16. The lowest BCUT2D eigenvalue weighted by Gasteiger charge is -2.11. The number of rotatable bonds is 8. The molecule has 0 aliphatic carbocycles. The molecule has 1 aromatic heterocycles. The molecule has 0 spiro atoms. The van der Waals surface area contributed by atoms with Crippen LogP contribution in [0.2, 0.25) is 0 Å². The first kappa shape index (κ1) is 16.7. The van der Waals surface area contributed by atoms with E-state index in [4.69, 9.17) is 4.74 Å². The highest BCUT2D eigenvalue weighted by Gasteiger charge is 2.05. The molecule has 2 rings (SSSR count). The van der Waals surface area contributed by atoms with Crippen molar-refractivity contribution >= 4 is 17.4 Å². The van der Waals surface area contributed by atoms with Gasteiger partial charge < -0.3 is 20.3 Å². The van der Waals surface area contributed by atoms with Gasteiger partial charge in [-0.1, -0.05) is 18.2 Å². The van der Waals surface area contributed by atoms with E-state index < -0.39 is 0 Å². The largest absolute Gasteiger partial charge is 0.453 e. The maximum atomic E-state index is 11.6. The van der Waals surface area contributed by atoms with Gasteiger partial charge in [0.05, 0.1) is 0 Å². The lowest BCUT2D eigenvalue weighted by molar-refractivity contribution is -0.123. The highest BCUT2D eigenvalue weighted by molar-refractivity contribution is 5.77. The molecule has 0 saturated heterocycles. The van der Waals surface area contributed by atoms with Crippen LogP contribution in [0.4, 0.5) is 11.5 Å². The monoisotopic (exact) mass is 315 g/mol. The third-order valence-corrected chi connectivity index (χ3v) is 2.89. The Kier molecular flexibility index (Phi) is 6.31. The summed E-state index contributed by atoms with van der Waals surface area (Å²) in [5.41, 5.74) is 0.915. The van der Waals surface area contributed by atoms with Crippen molar-refractivity contribution in [2.75, 3.05) is 39.1 Å². The van der Waals surface area contributed by atoms with Crippen LogP contribution < -0.4 is 15.4 Å². The van der Waals surface area contributed by atoms with Crippen LogP contribution in [0, 0.1) is 0 Å². The predicted molar refractivity (Wildman–Crippen MR) is 88.8 cm³/mol. The Morgan fingerprint density at radius 2 is 2.00 bits per heavy atom. The van der Waals surface area contributed by atoms with Crippen LogP contribution in [-0.4, -0.2) is 54.6 Å². The number of nitrogens with zero attached hydrogens (tertiary/aromatic N) is 3. The van der Waals surface area contributed by atoms with Crippen molar-refractivity contribution in [1.82, 2.24) is 20.2 Å². The molecule has 7 heteroatoms. The number of amides is 1. The molecule has 23 heavy (non-hydrogen) atoms.